The third-order valence-electron chi connectivity index (χ3n) is 7.63. The van der Waals surface area contributed by atoms with E-state index in [1.54, 1.807) is 65.8 Å². The van der Waals surface area contributed by atoms with E-state index in [0.717, 1.165) is 22.3 Å². The van der Waals surface area contributed by atoms with Gasteiger partial charge in [0.2, 0.25) is 0 Å². The highest BCUT2D eigenvalue weighted by Gasteiger charge is 2.37. The maximum Gasteiger partial charge on any atom is 0.408 e. The summed E-state index contributed by atoms with van der Waals surface area (Å²) in [4.78, 5) is 65.6. The van der Waals surface area contributed by atoms with Crippen molar-refractivity contribution in [3.8, 4) is 11.1 Å². The molecular formula is C39H46N2O10. The molecule has 0 saturated carbocycles. The zero-order valence-electron chi connectivity index (χ0n) is 30.0. The average molecular weight is 703 g/mol. The maximum absolute atomic E-state index is 13.6. The minimum atomic E-state index is -1.57. The van der Waals surface area contributed by atoms with Gasteiger partial charge in [0.1, 0.15) is 36.6 Å². The topological polar surface area (TPSA) is 156 Å². The number of esters is 3. The first-order chi connectivity index (χ1) is 24.0. The van der Waals surface area contributed by atoms with Crippen LogP contribution in [0, 0.1) is 0 Å². The highest BCUT2D eigenvalue weighted by atomic mass is 16.6. The van der Waals surface area contributed by atoms with E-state index < -0.39 is 65.9 Å². The van der Waals surface area contributed by atoms with E-state index in [2.05, 4.69) is 10.6 Å². The van der Waals surface area contributed by atoms with E-state index in [4.69, 9.17) is 23.7 Å². The van der Waals surface area contributed by atoms with Gasteiger partial charge in [-0.15, -0.1) is 0 Å². The lowest BCUT2D eigenvalue weighted by Crippen LogP contribution is -2.53. The van der Waals surface area contributed by atoms with Gasteiger partial charge in [-0.05, 0) is 76.3 Å². The minimum absolute atomic E-state index is 0.0421. The predicted molar refractivity (Wildman–Crippen MR) is 187 cm³/mol. The van der Waals surface area contributed by atoms with Crippen LogP contribution >= 0.6 is 0 Å². The Morgan fingerprint density at radius 3 is 1.78 bits per heavy atom. The van der Waals surface area contributed by atoms with E-state index in [0.29, 0.717) is 5.56 Å². The monoisotopic (exact) mass is 702 g/mol. The smallest absolute Gasteiger partial charge is 0.408 e. The summed E-state index contributed by atoms with van der Waals surface area (Å²) >= 11 is 0. The number of ether oxygens (including phenoxy) is 5. The summed E-state index contributed by atoms with van der Waals surface area (Å²) in [5, 5.41) is 4.85. The molecule has 0 aliphatic heterocycles. The molecule has 2 N–H and O–H groups in total. The fourth-order valence-corrected chi connectivity index (χ4v) is 5.48. The lowest BCUT2D eigenvalue weighted by atomic mass is 9.98. The van der Waals surface area contributed by atoms with Gasteiger partial charge in [-0.25, -0.2) is 19.2 Å². The Morgan fingerprint density at radius 1 is 0.667 bits per heavy atom. The number of carbonyl (C=O) groups is 5. The van der Waals surface area contributed by atoms with Gasteiger partial charge in [0.05, 0.1) is 6.42 Å². The van der Waals surface area contributed by atoms with Crippen molar-refractivity contribution >= 4 is 30.1 Å². The van der Waals surface area contributed by atoms with E-state index in [-0.39, 0.29) is 19.1 Å². The highest BCUT2D eigenvalue weighted by molar-refractivity contribution is 5.87. The second-order valence-corrected chi connectivity index (χ2v) is 14.2. The van der Waals surface area contributed by atoms with Crippen LogP contribution < -0.4 is 10.6 Å². The molecule has 0 spiro atoms. The number of hydrogen-bond acceptors (Lipinski definition) is 10. The van der Waals surface area contributed by atoms with Crippen LogP contribution in [-0.2, 0) is 44.7 Å². The van der Waals surface area contributed by atoms with Gasteiger partial charge < -0.3 is 34.3 Å². The molecule has 0 unspecified atom stereocenters. The Morgan fingerprint density at radius 2 is 1.22 bits per heavy atom. The highest BCUT2D eigenvalue weighted by Crippen LogP contribution is 2.44. The molecule has 0 aromatic heterocycles. The van der Waals surface area contributed by atoms with Crippen molar-refractivity contribution in [3.63, 3.8) is 0 Å². The van der Waals surface area contributed by atoms with Crippen molar-refractivity contribution in [2.24, 2.45) is 0 Å². The van der Waals surface area contributed by atoms with Crippen LogP contribution in [0.3, 0.4) is 0 Å². The number of benzene rings is 3. The molecule has 51 heavy (non-hydrogen) atoms. The zero-order valence-corrected chi connectivity index (χ0v) is 30.0. The fraction of sp³-hybridized carbons (Fsp3) is 0.410. The molecule has 4 rings (SSSR count). The molecule has 12 heteroatoms. The van der Waals surface area contributed by atoms with Gasteiger partial charge in [-0.3, -0.25) is 4.79 Å². The molecule has 3 atom stereocenters. The number of fused-ring (bicyclic) bond motifs is 3. The SMILES string of the molecule is C[C@@H](OC(=O)[C@H](CC(=O)OC(C)(C)C)NC(=O)OCC1c2ccccc2-c2ccccc21)[C@H](NC(=O)OC(C)(C)C)C(=O)OCc1ccccc1. The van der Waals surface area contributed by atoms with Crippen LogP contribution in [0.5, 0.6) is 0 Å². The summed E-state index contributed by atoms with van der Waals surface area (Å²) < 4.78 is 27.3. The third kappa shape index (κ3) is 11.3. The van der Waals surface area contributed by atoms with E-state index >= 15 is 0 Å². The first-order valence-corrected chi connectivity index (χ1v) is 16.7. The predicted octanol–water partition coefficient (Wildman–Crippen LogP) is 6.19. The first-order valence-electron chi connectivity index (χ1n) is 16.7. The molecule has 0 bridgehead atoms. The van der Waals surface area contributed by atoms with Crippen molar-refractivity contribution in [2.45, 2.75) is 96.8 Å². The van der Waals surface area contributed by atoms with Crippen molar-refractivity contribution in [1.29, 1.82) is 0 Å². The van der Waals surface area contributed by atoms with Crippen LogP contribution in [0.2, 0.25) is 0 Å². The number of nitrogens with one attached hydrogen (secondary N) is 2. The Labute approximate surface area is 298 Å². The molecule has 2 amide bonds. The summed E-state index contributed by atoms with van der Waals surface area (Å²) in [5.74, 6) is -3.02. The summed E-state index contributed by atoms with van der Waals surface area (Å²) in [5.41, 5.74) is 2.98. The molecule has 0 saturated heterocycles. The lowest BCUT2D eigenvalue weighted by Gasteiger charge is -2.27. The molecule has 1 aliphatic carbocycles. The first kappa shape index (κ1) is 38.4. The molecule has 0 fully saturated rings. The third-order valence-corrected chi connectivity index (χ3v) is 7.63. The van der Waals surface area contributed by atoms with Crippen molar-refractivity contribution in [2.75, 3.05) is 6.61 Å². The van der Waals surface area contributed by atoms with Gasteiger partial charge in [0, 0.05) is 5.92 Å². The van der Waals surface area contributed by atoms with Crippen molar-refractivity contribution in [3.05, 3.63) is 95.6 Å². The largest absolute Gasteiger partial charge is 0.460 e. The van der Waals surface area contributed by atoms with Gasteiger partial charge in [-0.2, -0.15) is 0 Å². The summed E-state index contributed by atoms with van der Waals surface area (Å²) in [6.07, 6.45) is -3.86. The quantitative estimate of drug-likeness (QED) is 0.165. The Balaban J connectivity index is 1.48. The normalized spacial score (nSPS) is 14.1. The van der Waals surface area contributed by atoms with Crippen LogP contribution in [-0.4, -0.2) is 66.1 Å². The van der Waals surface area contributed by atoms with Crippen LogP contribution in [0.1, 0.15) is 77.5 Å². The van der Waals surface area contributed by atoms with E-state index in [1.807, 2.05) is 54.6 Å². The van der Waals surface area contributed by atoms with Gasteiger partial charge in [-0.1, -0.05) is 78.9 Å². The summed E-state index contributed by atoms with van der Waals surface area (Å²) in [7, 11) is 0. The number of carbonyl (C=O) groups excluding carboxylic acids is 5. The van der Waals surface area contributed by atoms with E-state index in [9.17, 15) is 24.0 Å². The molecule has 272 valence electrons. The number of amides is 2. The van der Waals surface area contributed by atoms with Gasteiger partial charge >= 0.3 is 30.1 Å². The second-order valence-electron chi connectivity index (χ2n) is 14.2. The minimum Gasteiger partial charge on any atom is -0.460 e. The van der Waals surface area contributed by atoms with E-state index in [1.165, 1.54) is 6.92 Å². The standard InChI is InChI=1S/C39H46N2O10/c1-24(33(41-37(46)51-39(5,6)7)35(44)47-22-25-15-9-8-10-16-25)49-34(43)31(21-32(42)50-38(2,3)4)40-36(45)48-23-30-28-19-13-11-17-26(28)27-18-12-14-20-29(27)30/h8-20,24,30-31,33H,21-23H2,1-7H3,(H,40,45)(H,41,46)/t24-,31+,33+/m1/s1. The maximum atomic E-state index is 13.6. The molecule has 3 aromatic rings. The Kier molecular flexibility index (Phi) is 12.5. The van der Waals surface area contributed by atoms with Gasteiger partial charge in [0.15, 0.2) is 6.04 Å². The zero-order chi connectivity index (χ0) is 37.3. The van der Waals surface area contributed by atoms with Crippen molar-refractivity contribution < 1.29 is 47.7 Å². The molecule has 0 radical (unpaired) electrons. The molecule has 1 aliphatic rings. The Hall–Kier alpha value is -5.39. The fourth-order valence-electron chi connectivity index (χ4n) is 5.48. The number of hydrogen-bond donors (Lipinski definition) is 2. The molecule has 3 aromatic carbocycles. The Bertz CT molecular complexity index is 1670. The number of alkyl carbamates (subject to hydrolysis) is 2. The number of rotatable bonds is 12. The van der Waals surface area contributed by atoms with Crippen LogP contribution in [0.4, 0.5) is 9.59 Å². The van der Waals surface area contributed by atoms with Crippen LogP contribution in [0.25, 0.3) is 11.1 Å². The van der Waals surface area contributed by atoms with Gasteiger partial charge in [0.25, 0.3) is 0 Å². The van der Waals surface area contributed by atoms with Crippen molar-refractivity contribution in [1.82, 2.24) is 10.6 Å². The molecule has 0 heterocycles. The van der Waals surface area contributed by atoms with Crippen LogP contribution in [0.15, 0.2) is 78.9 Å². The average Bonchev–Trinajstić information content (AvgIpc) is 3.37. The second kappa shape index (κ2) is 16.5. The summed E-state index contributed by atoms with van der Waals surface area (Å²) in [6.45, 7) is 11.1. The lowest BCUT2D eigenvalue weighted by molar-refractivity contribution is -0.164. The molecule has 12 nitrogen and oxygen atoms in total. The summed E-state index contributed by atoms with van der Waals surface area (Å²) in [6, 6.07) is 21.4. The molecular weight excluding hydrogens is 656 g/mol.